The molecule has 2 nitrogen and oxygen atoms in total. The summed E-state index contributed by atoms with van der Waals surface area (Å²) in [5.74, 6) is 0.410. The average Bonchev–Trinajstić information content (AvgIpc) is 2.70. The van der Waals surface area contributed by atoms with Crippen LogP contribution in [0.25, 0.3) is 10.1 Å². The van der Waals surface area contributed by atoms with Crippen molar-refractivity contribution < 1.29 is 5.11 Å². The highest BCUT2D eigenvalue weighted by Crippen LogP contribution is 2.33. The van der Waals surface area contributed by atoms with E-state index in [-0.39, 0.29) is 0 Å². The highest BCUT2D eigenvalue weighted by Gasteiger charge is 2.08. The number of rotatable bonds is 4. The van der Waals surface area contributed by atoms with Gasteiger partial charge in [0.1, 0.15) is 5.75 Å². The Morgan fingerprint density at radius 3 is 2.94 bits per heavy atom. The molecule has 1 aromatic heterocycles. The number of hydrogen-bond donors (Lipinski definition) is 1. The number of hydrogen-bond acceptors (Lipinski definition) is 3. The lowest BCUT2D eigenvalue weighted by Crippen LogP contribution is -2.20. The molecule has 0 radical (unpaired) electrons. The van der Waals surface area contributed by atoms with Crippen LogP contribution >= 0.6 is 11.3 Å². The molecule has 0 atom stereocenters. The zero-order valence-corrected chi connectivity index (χ0v) is 10.5. The second-order valence-corrected chi connectivity index (χ2v) is 4.97. The number of benzene rings is 1. The van der Waals surface area contributed by atoms with Crippen LogP contribution in [0.15, 0.2) is 23.6 Å². The van der Waals surface area contributed by atoms with Gasteiger partial charge in [-0.05, 0) is 43.1 Å². The van der Waals surface area contributed by atoms with E-state index in [1.165, 1.54) is 10.3 Å². The summed E-state index contributed by atoms with van der Waals surface area (Å²) in [7, 11) is 2.12. The molecule has 0 bridgehead atoms. The van der Waals surface area contributed by atoms with Gasteiger partial charge in [-0.1, -0.05) is 13.0 Å². The summed E-state index contributed by atoms with van der Waals surface area (Å²) >= 11 is 1.71. The van der Waals surface area contributed by atoms with Gasteiger partial charge in [-0.2, -0.15) is 0 Å². The fourth-order valence-corrected chi connectivity index (χ4v) is 2.80. The molecule has 1 N–H and O–H groups in total. The first-order valence-electron chi connectivity index (χ1n) is 5.59. The first-order valence-corrected chi connectivity index (χ1v) is 6.47. The van der Waals surface area contributed by atoms with Crippen molar-refractivity contribution in [3.63, 3.8) is 0 Å². The van der Waals surface area contributed by atoms with E-state index in [1.807, 2.05) is 6.07 Å². The molecular weight excluding hydrogens is 218 g/mol. The molecule has 0 spiro atoms. The van der Waals surface area contributed by atoms with Crippen molar-refractivity contribution in [2.45, 2.75) is 13.3 Å². The van der Waals surface area contributed by atoms with Gasteiger partial charge in [0.25, 0.3) is 0 Å². The maximum atomic E-state index is 9.86. The third kappa shape index (κ3) is 2.20. The smallest absolute Gasteiger partial charge is 0.124 e. The van der Waals surface area contributed by atoms with Gasteiger partial charge < -0.3 is 10.0 Å². The van der Waals surface area contributed by atoms with Crippen molar-refractivity contribution >= 4 is 21.4 Å². The van der Waals surface area contributed by atoms with Gasteiger partial charge in [-0.25, -0.2) is 0 Å². The molecule has 0 saturated carbocycles. The van der Waals surface area contributed by atoms with Crippen LogP contribution in [0.2, 0.25) is 0 Å². The number of phenols is 1. The van der Waals surface area contributed by atoms with E-state index >= 15 is 0 Å². The van der Waals surface area contributed by atoms with Gasteiger partial charge in [0.15, 0.2) is 0 Å². The summed E-state index contributed by atoms with van der Waals surface area (Å²) in [6.45, 7) is 4.26. The lowest BCUT2D eigenvalue weighted by molar-refractivity contribution is 0.358. The predicted molar refractivity (Wildman–Crippen MR) is 70.4 cm³/mol. The van der Waals surface area contributed by atoms with Crippen LogP contribution in [0.4, 0.5) is 0 Å². The quantitative estimate of drug-likeness (QED) is 0.880. The molecule has 0 saturated heterocycles. The van der Waals surface area contributed by atoms with Crippen molar-refractivity contribution in [3.8, 4) is 5.75 Å². The van der Waals surface area contributed by atoms with Crippen LogP contribution in [-0.4, -0.2) is 30.1 Å². The third-order valence-corrected chi connectivity index (χ3v) is 3.95. The first kappa shape index (κ1) is 11.4. The van der Waals surface area contributed by atoms with Crippen molar-refractivity contribution in [2.24, 2.45) is 0 Å². The average molecular weight is 235 g/mol. The van der Waals surface area contributed by atoms with Crippen molar-refractivity contribution in [2.75, 3.05) is 20.1 Å². The molecule has 86 valence electrons. The molecule has 16 heavy (non-hydrogen) atoms. The topological polar surface area (TPSA) is 23.5 Å². The largest absolute Gasteiger partial charge is 0.507 e. The Bertz CT molecular complexity index is 478. The lowest BCUT2D eigenvalue weighted by Gasteiger charge is -2.12. The molecule has 2 aromatic rings. The van der Waals surface area contributed by atoms with Gasteiger partial charge in [0.05, 0.1) is 0 Å². The summed E-state index contributed by atoms with van der Waals surface area (Å²) in [4.78, 5) is 2.28. The molecule has 0 aliphatic carbocycles. The minimum absolute atomic E-state index is 0.410. The number of phenolic OH excluding ortho intramolecular Hbond substituents is 1. The molecule has 2 rings (SSSR count). The Kier molecular flexibility index (Phi) is 3.46. The van der Waals surface area contributed by atoms with Crippen LogP contribution in [0.1, 0.15) is 12.5 Å². The maximum Gasteiger partial charge on any atom is 0.124 e. The summed E-state index contributed by atoms with van der Waals surface area (Å²) < 4.78 is 1.18. The van der Waals surface area contributed by atoms with Gasteiger partial charge in [0, 0.05) is 16.6 Å². The number of likely N-dealkylation sites (N-methyl/N-ethyl adjacent to an activating group) is 1. The molecule has 0 aliphatic rings. The minimum atomic E-state index is 0.410. The summed E-state index contributed by atoms with van der Waals surface area (Å²) in [6.07, 6.45) is 1.00. The lowest BCUT2D eigenvalue weighted by atomic mass is 10.1. The van der Waals surface area contributed by atoms with E-state index in [0.29, 0.717) is 5.75 Å². The molecular formula is C13H17NOS. The van der Waals surface area contributed by atoms with Crippen LogP contribution in [-0.2, 0) is 6.42 Å². The van der Waals surface area contributed by atoms with Crippen molar-refractivity contribution in [3.05, 3.63) is 29.1 Å². The van der Waals surface area contributed by atoms with Crippen LogP contribution < -0.4 is 0 Å². The zero-order chi connectivity index (χ0) is 11.5. The molecule has 0 unspecified atom stereocenters. The predicted octanol–water partition coefficient (Wildman–Crippen LogP) is 3.10. The van der Waals surface area contributed by atoms with E-state index < -0.39 is 0 Å². The van der Waals surface area contributed by atoms with E-state index in [0.717, 1.165) is 24.9 Å². The van der Waals surface area contributed by atoms with Gasteiger partial charge in [-0.15, -0.1) is 11.3 Å². The zero-order valence-electron chi connectivity index (χ0n) is 9.73. The Hall–Kier alpha value is -1.06. The Morgan fingerprint density at radius 1 is 1.38 bits per heavy atom. The summed E-state index contributed by atoms with van der Waals surface area (Å²) in [5, 5.41) is 13.1. The molecule has 0 aliphatic heterocycles. The third-order valence-electron chi connectivity index (χ3n) is 2.96. The number of fused-ring (bicyclic) bond motifs is 1. The molecule has 0 amide bonds. The second-order valence-electron chi connectivity index (χ2n) is 4.06. The van der Waals surface area contributed by atoms with Crippen molar-refractivity contribution in [1.29, 1.82) is 0 Å². The van der Waals surface area contributed by atoms with Crippen LogP contribution in [0.3, 0.4) is 0 Å². The number of thiophene rings is 1. The van der Waals surface area contributed by atoms with Crippen molar-refractivity contribution in [1.82, 2.24) is 4.90 Å². The highest BCUT2D eigenvalue weighted by molar-refractivity contribution is 7.17. The summed E-state index contributed by atoms with van der Waals surface area (Å²) in [6, 6.07) is 5.73. The normalized spacial score (nSPS) is 11.4. The van der Waals surface area contributed by atoms with Crippen LogP contribution in [0, 0.1) is 0 Å². The first-order chi connectivity index (χ1) is 7.72. The fourth-order valence-electron chi connectivity index (χ4n) is 1.79. The molecule has 1 aromatic carbocycles. The SMILES string of the molecule is CCN(C)CCc1csc2cccc(O)c12. The fraction of sp³-hybridized carbons (Fsp3) is 0.385. The minimum Gasteiger partial charge on any atom is -0.507 e. The molecule has 1 heterocycles. The Balaban J connectivity index is 2.24. The molecule has 3 heteroatoms. The van der Waals surface area contributed by atoms with Gasteiger partial charge >= 0.3 is 0 Å². The number of aromatic hydroxyl groups is 1. The van der Waals surface area contributed by atoms with Crippen LogP contribution in [0.5, 0.6) is 5.75 Å². The number of nitrogens with zero attached hydrogens (tertiary/aromatic N) is 1. The second kappa shape index (κ2) is 4.85. The Labute approximate surface area is 100 Å². The van der Waals surface area contributed by atoms with Gasteiger partial charge in [-0.3, -0.25) is 0 Å². The maximum absolute atomic E-state index is 9.86. The van der Waals surface area contributed by atoms with E-state index in [4.69, 9.17) is 0 Å². The van der Waals surface area contributed by atoms with Gasteiger partial charge in [0.2, 0.25) is 0 Å². The summed E-state index contributed by atoms with van der Waals surface area (Å²) in [5.41, 5.74) is 1.26. The Morgan fingerprint density at radius 2 is 2.19 bits per heavy atom. The van der Waals surface area contributed by atoms with E-state index in [1.54, 1.807) is 17.4 Å². The standard InChI is InChI=1S/C13H17NOS/c1-3-14(2)8-7-10-9-16-12-6-4-5-11(15)13(10)12/h4-6,9,15H,3,7-8H2,1-2H3. The highest BCUT2D eigenvalue weighted by atomic mass is 32.1. The van der Waals surface area contributed by atoms with E-state index in [2.05, 4.69) is 30.3 Å². The monoisotopic (exact) mass is 235 g/mol. The van der Waals surface area contributed by atoms with E-state index in [9.17, 15) is 5.11 Å². The molecule has 0 fully saturated rings.